The number of hydrogen-bond acceptors (Lipinski definition) is 2. The van der Waals surface area contributed by atoms with E-state index in [1.165, 1.54) is 0 Å². The molecule has 0 aliphatic rings. The topological polar surface area (TPSA) is 65.5 Å². The van der Waals surface area contributed by atoms with Crippen molar-refractivity contribution in [3.8, 4) is 0 Å². The number of guanidine groups is 1. The van der Waals surface area contributed by atoms with Crippen LogP contribution in [0.25, 0.3) is 0 Å². The number of anilines is 1. The molecule has 5 nitrogen and oxygen atoms in total. The third-order valence-corrected chi connectivity index (χ3v) is 3.37. The van der Waals surface area contributed by atoms with E-state index in [0.717, 1.165) is 30.1 Å². The molecule has 1 aromatic carbocycles. The minimum atomic E-state index is 0.0573. The molecule has 1 rings (SSSR count). The molecule has 0 aliphatic heterocycles. The summed E-state index contributed by atoms with van der Waals surface area (Å²) in [6.45, 7) is 6.91. The van der Waals surface area contributed by atoms with E-state index in [-0.39, 0.29) is 5.91 Å². The van der Waals surface area contributed by atoms with Crippen LogP contribution in [0.5, 0.6) is 0 Å². The van der Waals surface area contributed by atoms with Gasteiger partial charge in [0.25, 0.3) is 0 Å². The average molecular weight is 304 g/mol. The second-order valence-corrected chi connectivity index (χ2v) is 5.38. The van der Waals surface area contributed by atoms with Crippen LogP contribution in [0.3, 0.4) is 0 Å². The van der Waals surface area contributed by atoms with Crippen molar-refractivity contribution in [2.75, 3.05) is 12.4 Å². The van der Waals surface area contributed by atoms with Crippen molar-refractivity contribution in [2.45, 2.75) is 52.6 Å². The zero-order chi connectivity index (χ0) is 16.4. The summed E-state index contributed by atoms with van der Waals surface area (Å²) in [5.41, 5.74) is 1.93. The van der Waals surface area contributed by atoms with Crippen LogP contribution >= 0.6 is 0 Å². The van der Waals surface area contributed by atoms with Crippen molar-refractivity contribution in [1.29, 1.82) is 0 Å². The first kappa shape index (κ1) is 18.0. The van der Waals surface area contributed by atoms with Crippen molar-refractivity contribution >= 4 is 17.6 Å². The molecule has 0 aromatic heterocycles. The number of hydrogen-bond donors (Lipinski definition) is 3. The van der Waals surface area contributed by atoms with Gasteiger partial charge in [0, 0.05) is 31.7 Å². The summed E-state index contributed by atoms with van der Waals surface area (Å²) in [6, 6.07) is 8.24. The summed E-state index contributed by atoms with van der Waals surface area (Å²) in [5, 5.41) is 9.52. The van der Waals surface area contributed by atoms with Gasteiger partial charge in [-0.25, -0.2) is 0 Å². The molecule has 0 heterocycles. The molecule has 0 saturated carbocycles. The second kappa shape index (κ2) is 9.82. The smallest absolute Gasteiger partial charge is 0.224 e. The van der Waals surface area contributed by atoms with Crippen molar-refractivity contribution in [3.05, 3.63) is 29.8 Å². The molecule has 1 aromatic rings. The van der Waals surface area contributed by atoms with Gasteiger partial charge in [-0.15, -0.1) is 0 Å². The first-order chi connectivity index (χ1) is 10.6. The Balaban J connectivity index is 2.57. The van der Waals surface area contributed by atoms with E-state index in [9.17, 15) is 4.79 Å². The lowest BCUT2D eigenvalue weighted by atomic mass is 10.2. The van der Waals surface area contributed by atoms with E-state index in [1.807, 2.05) is 31.2 Å². The Morgan fingerprint density at radius 1 is 1.32 bits per heavy atom. The Hall–Kier alpha value is -2.04. The monoisotopic (exact) mass is 304 g/mol. The normalized spacial score (nSPS) is 12.6. The molecule has 1 amide bonds. The van der Waals surface area contributed by atoms with E-state index >= 15 is 0 Å². The maximum absolute atomic E-state index is 11.6. The molecule has 0 radical (unpaired) electrons. The predicted molar refractivity (Wildman–Crippen MR) is 93.1 cm³/mol. The Labute approximate surface area is 133 Å². The molecule has 0 spiro atoms. The van der Waals surface area contributed by atoms with Gasteiger partial charge in [0.15, 0.2) is 5.96 Å². The van der Waals surface area contributed by atoms with Gasteiger partial charge in [0.05, 0.1) is 0 Å². The molecule has 122 valence electrons. The Morgan fingerprint density at radius 2 is 2.09 bits per heavy atom. The number of benzene rings is 1. The van der Waals surface area contributed by atoms with Gasteiger partial charge in [-0.05, 0) is 37.5 Å². The van der Waals surface area contributed by atoms with E-state index in [1.54, 1.807) is 7.05 Å². The molecule has 0 fully saturated rings. The number of nitrogens with one attached hydrogen (secondary N) is 3. The lowest BCUT2D eigenvalue weighted by molar-refractivity contribution is -0.116. The van der Waals surface area contributed by atoms with Crippen LogP contribution in [-0.2, 0) is 11.3 Å². The zero-order valence-electron chi connectivity index (χ0n) is 14.1. The number of rotatable bonds is 7. The fraction of sp³-hybridized carbons (Fsp3) is 0.529. The number of carbonyl (C=O) groups is 1. The molecule has 5 heteroatoms. The van der Waals surface area contributed by atoms with Gasteiger partial charge < -0.3 is 16.0 Å². The van der Waals surface area contributed by atoms with E-state index in [2.05, 4.69) is 34.8 Å². The molecule has 0 saturated heterocycles. The summed E-state index contributed by atoms with van der Waals surface area (Å²) in [7, 11) is 1.76. The van der Waals surface area contributed by atoms with Crippen LogP contribution in [0.2, 0.25) is 0 Å². The van der Waals surface area contributed by atoms with Crippen LogP contribution in [0.15, 0.2) is 29.3 Å². The fourth-order valence-electron chi connectivity index (χ4n) is 1.93. The number of nitrogens with zero attached hydrogens (tertiary/aromatic N) is 1. The third kappa shape index (κ3) is 6.61. The first-order valence-electron chi connectivity index (χ1n) is 7.95. The highest BCUT2D eigenvalue weighted by molar-refractivity contribution is 5.90. The molecular weight excluding hydrogens is 276 g/mol. The van der Waals surface area contributed by atoms with E-state index in [4.69, 9.17) is 0 Å². The Bertz CT molecular complexity index is 499. The summed E-state index contributed by atoms with van der Waals surface area (Å²) < 4.78 is 0. The molecular formula is C17H28N4O. The van der Waals surface area contributed by atoms with Gasteiger partial charge in [-0.3, -0.25) is 9.79 Å². The number of amides is 1. The lowest BCUT2D eigenvalue weighted by Crippen LogP contribution is -2.41. The highest BCUT2D eigenvalue weighted by Crippen LogP contribution is 2.11. The summed E-state index contributed by atoms with van der Waals surface area (Å²) in [4.78, 5) is 15.8. The molecule has 1 atom stereocenters. The third-order valence-electron chi connectivity index (χ3n) is 3.37. The van der Waals surface area contributed by atoms with Crippen LogP contribution < -0.4 is 16.0 Å². The zero-order valence-corrected chi connectivity index (χ0v) is 14.1. The minimum Gasteiger partial charge on any atom is -0.354 e. The molecule has 0 aliphatic carbocycles. The van der Waals surface area contributed by atoms with Gasteiger partial charge in [0.1, 0.15) is 0 Å². The largest absolute Gasteiger partial charge is 0.354 e. The van der Waals surface area contributed by atoms with Crippen molar-refractivity contribution in [2.24, 2.45) is 4.99 Å². The first-order valence-corrected chi connectivity index (χ1v) is 7.95. The Kier molecular flexibility index (Phi) is 8.04. The van der Waals surface area contributed by atoms with Crippen LogP contribution in [0, 0.1) is 0 Å². The van der Waals surface area contributed by atoms with Gasteiger partial charge in [-0.2, -0.15) is 0 Å². The minimum absolute atomic E-state index is 0.0573. The highest BCUT2D eigenvalue weighted by atomic mass is 16.1. The molecule has 1 unspecified atom stereocenters. The molecule has 22 heavy (non-hydrogen) atoms. The van der Waals surface area contributed by atoms with Gasteiger partial charge in [0.2, 0.25) is 5.91 Å². The molecule has 0 bridgehead atoms. The standard InChI is InChI=1S/C17H28N4O/c1-5-8-16(22)21-15-10-7-9-14(11-15)12-19-17(18-4)20-13(3)6-2/h7,9-11,13H,5-6,8,12H2,1-4H3,(H,21,22)(H2,18,19,20). The van der Waals surface area contributed by atoms with Crippen molar-refractivity contribution in [1.82, 2.24) is 10.6 Å². The fourth-order valence-corrected chi connectivity index (χ4v) is 1.93. The summed E-state index contributed by atoms with van der Waals surface area (Å²) in [6.07, 6.45) is 2.44. The van der Waals surface area contributed by atoms with E-state index < -0.39 is 0 Å². The lowest BCUT2D eigenvalue weighted by Gasteiger charge is -2.16. The SMILES string of the molecule is CCCC(=O)Nc1cccc(CNC(=NC)NC(C)CC)c1. The molecule has 3 N–H and O–H groups in total. The van der Waals surface area contributed by atoms with Crippen LogP contribution in [0.1, 0.15) is 45.6 Å². The summed E-state index contributed by atoms with van der Waals surface area (Å²) in [5.74, 6) is 0.844. The number of aliphatic imine (C=N–C) groups is 1. The maximum atomic E-state index is 11.6. The Morgan fingerprint density at radius 3 is 2.73 bits per heavy atom. The van der Waals surface area contributed by atoms with Crippen LogP contribution in [-0.4, -0.2) is 25.0 Å². The average Bonchev–Trinajstić information content (AvgIpc) is 2.51. The van der Waals surface area contributed by atoms with Crippen LogP contribution in [0.4, 0.5) is 5.69 Å². The van der Waals surface area contributed by atoms with Gasteiger partial charge in [-0.1, -0.05) is 26.0 Å². The van der Waals surface area contributed by atoms with E-state index in [0.29, 0.717) is 19.0 Å². The maximum Gasteiger partial charge on any atom is 0.224 e. The number of carbonyl (C=O) groups excluding carboxylic acids is 1. The summed E-state index contributed by atoms with van der Waals surface area (Å²) >= 11 is 0. The van der Waals surface area contributed by atoms with Crippen molar-refractivity contribution in [3.63, 3.8) is 0 Å². The quantitative estimate of drug-likeness (QED) is 0.536. The van der Waals surface area contributed by atoms with Gasteiger partial charge >= 0.3 is 0 Å². The predicted octanol–water partition coefficient (Wildman–Crippen LogP) is 2.89. The van der Waals surface area contributed by atoms with Crippen molar-refractivity contribution < 1.29 is 4.79 Å². The second-order valence-electron chi connectivity index (χ2n) is 5.38. The highest BCUT2D eigenvalue weighted by Gasteiger charge is 2.04.